The van der Waals surface area contributed by atoms with Crippen LogP contribution < -0.4 is 0 Å². The number of ether oxygens (including phenoxy) is 3. The molecular weight excluding hydrogens is 527 g/mol. The van der Waals surface area contributed by atoms with Crippen molar-refractivity contribution in [3.63, 3.8) is 0 Å². The third kappa shape index (κ3) is 6.60. The standard InChI is InChI=1S/C22H24F3N9O5/c1-21(2,3)39-19(35)32(4)8-9-37-20(36)38-12-33-10-13(27-11-33)15-14(28-18-26-6-5-7-34(15)18)16-29-17(31-30-16)22(23,24)25/h5-7,10-11H,8-9,12H2,1-4H3,(H,29,30,31). The fourth-order valence-electron chi connectivity index (χ4n) is 3.20. The molecule has 0 bridgehead atoms. The van der Waals surface area contributed by atoms with E-state index in [0.717, 1.165) is 0 Å². The van der Waals surface area contributed by atoms with E-state index in [-0.39, 0.29) is 48.6 Å². The van der Waals surface area contributed by atoms with Crippen molar-refractivity contribution in [1.82, 2.24) is 44.0 Å². The molecule has 0 unspecified atom stereocenters. The molecule has 0 saturated heterocycles. The first-order valence-corrected chi connectivity index (χ1v) is 11.4. The topological polar surface area (TPSA) is 155 Å². The molecule has 0 saturated carbocycles. The lowest BCUT2D eigenvalue weighted by Gasteiger charge is -2.24. The molecule has 39 heavy (non-hydrogen) atoms. The molecular formula is C22H24F3N9O5. The van der Waals surface area contributed by atoms with E-state index in [1.807, 2.05) is 5.10 Å². The third-order valence-electron chi connectivity index (χ3n) is 4.93. The number of carbonyl (C=O) groups excluding carboxylic acids is 2. The molecule has 0 aliphatic carbocycles. The number of hydrogen-bond donors (Lipinski definition) is 1. The van der Waals surface area contributed by atoms with Gasteiger partial charge in [0.25, 0.3) is 0 Å². The fourth-order valence-corrected chi connectivity index (χ4v) is 3.20. The van der Waals surface area contributed by atoms with Gasteiger partial charge in [0.05, 0.1) is 12.9 Å². The van der Waals surface area contributed by atoms with Crippen LogP contribution in [0.25, 0.3) is 28.7 Å². The molecule has 14 nitrogen and oxygen atoms in total. The Hall–Kier alpha value is -4.70. The second-order valence-corrected chi connectivity index (χ2v) is 9.15. The third-order valence-corrected chi connectivity index (χ3v) is 4.93. The maximum Gasteiger partial charge on any atom is 0.510 e. The number of alkyl halides is 3. The van der Waals surface area contributed by atoms with Crippen molar-refractivity contribution in [3.8, 4) is 22.9 Å². The van der Waals surface area contributed by atoms with Gasteiger partial charge in [-0.15, -0.1) is 0 Å². The second kappa shape index (κ2) is 10.6. The molecule has 1 amide bonds. The first kappa shape index (κ1) is 27.3. The smallest absolute Gasteiger partial charge is 0.444 e. The number of hydrogen-bond acceptors (Lipinski definition) is 10. The van der Waals surface area contributed by atoms with Gasteiger partial charge in [-0.3, -0.25) is 9.50 Å². The second-order valence-electron chi connectivity index (χ2n) is 9.15. The van der Waals surface area contributed by atoms with Gasteiger partial charge in [0.15, 0.2) is 6.73 Å². The SMILES string of the molecule is CN(CCOC(=O)OCn1cnc(-c2c(-c3n[nH]c(C(F)(F)F)n3)nc3ncccn23)c1)C(=O)OC(C)(C)C. The summed E-state index contributed by atoms with van der Waals surface area (Å²) in [5.74, 6) is -1.39. The van der Waals surface area contributed by atoms with Crippen LogP contribution >= 0.6 is 0 Å². The molecule has 0 aliphatic rings. The van der Waals surface area contributed by atoms with Gasteiger partial charge in [0.1, 0.15) is 29.3 Å². The van der Waals surface area contributed by atoms with Crippen LogP contribution in [0.3, 0.4) is 0 Å². The summed E-state index contributed by atoms with van der Waals surface area (Å²) in [6, 6.07) is 1.61. The van der Waals surface area contributed by atoms with Crippen LogP contribution in [0.5, 0.6) is 0 Å². The number of carbonyl (C=O) groups is 2. The number of aromatic nitrogens is 8. The Morgan fingerprint density at radius 3 is 2.59 bits per heavy atom. The quantitative estimate of drug-likeness (QED) is 0.338. The molecule has 17 heteroatoms. The molecule has 4 rings (SSSR count). The molecule has 4 aromatic rings. The Morgan fingerprint density at radius 1 is 1.13 bits per heavy atom. The predicted molar refractivity (Wildman–Crippen MR) is 126 cm³/mol. The molecule has 0 fully saturated rings. The van der Waals surface area contributed by atoms with Gasteiger partial charge in [-0.2, -0.15) is 18.3 Å². The van der Waals surface area contributed by atoms with Crippen LogP contribution in [0.4, 0.5) is 22.8 Å². The number of rotatable bonds is 7. The average molecular weight is 551 g/mol. The fraction of sp³-hybridized carbons (Fsp3) is 0.409. The summed E-state index contributed by atoms with van der Waals surface area (Å²) >= 11 is 0. The molecule has 0 spiro atoms. The maximum atomic E-state index is 13.0. The number of aromatic amines is 1. The normalized spacial score (nSPS) is 12.0. The molecule has 1 N–H and O–H groups in total. The molecule has 208 valence electrons. The highest BCUT2D eigenvalue weighted by atomic mass is 19.4. The molecule has 4 aromatic heterocycles. The minimum Gasteiger partial charge on any atom is -0.444 e. The van der Waals surface area contributed by atoms with Gasteiger partial charge in [-0.05, 0) is 26.8 Å². The average Bonchev–Trinajstić information content (AvgIpc) is 3.59. The lowest BCUT2D eigenvalue weighted by Crippen LogP contribution is -2.36. The summed E-state index contributed by atoms with van der Waals surface area (Å²) in [6.45, 7) is 4.88. The van der Waals surface area contributed by atoms with Gasteiger partial charge in [0, 0.05) is 25.6 Å². The summed E-state index contributed by atoms with van der Waals surface area (Å²) < 4.78 is 57.3. The van der Waals surface area contributed by atoms with E-state index in [9.17, 15) is 22.8 Å². The van der Waals surface area contributed by atoms with Crippen LogP contribution in [0.2, 0.25) is 0 Å². The van der Waals surface area contributed by atoms with Gasteiger partial charge >= 0.3 is 18.4 Å². The van der Waals surface area contributed by atoms with Crippen molar-refractivity contribution >= 4 is 18.0 Å². The summed E-state index contributed by atoms with van der Waals surface area (Å²) in [5, 5.41) is 5.52. The number of nitrogens with one attached hydrogen (secondary N) is 1. The first-order valence-electron chi connectivity index (χ1n) is 11.4. The van der Waals surface area contributed by atoms with E-state index in [4.69, 9.17) is 14.2 Å². The van der Waals surface area contributed by atoms with Crippen LogP contribution in [0, 0.1) is 0 Å². The molecule has 0 radical (unpaired) electrons. The zero-order valence-corrected chi connectivity index (χ0v) is 21.3. The van der Waals surface area contributed by atoms with E-state index >= 15 is 0 Å². The number of amides is 1. The van der Waals surface area contributed by atoms with Crippen molar-refractivity contribution < 1.29 is 37.0 Å². The van der Waals surface area contributed by atoms with Crippen molar-refractivity contribution in [2.45, 2.75) is 39.3 Å². The minimum absolute atomic E-state index is 0.0140. The highest BCUT2D eigenvalue weighted by molar-refractivity contribution is 5.76. The van der Waals surface area contributed by atoms with Crippen molar-refractivity contribution in [2.75, 3.05) is 20.2 Å². The van der Waals surface area contributed by atoms with E-state index in [2.05, 4.69) is 25.0 Å². The van der Waals surface area contributed by atoms with E-state index in [0.29, 0.717) is 0 Å². The first-order chi connectivity index (χ1) is 18.3. The highest BCUT2D eigenvalue weighted by Gasteiger charge is 2.36. The molecule has 0 atom stereocenters. The zero-order chi connectivity index (χ0) is 28.4. The summed E-state index contributed by atoms with van der Waals surface area (Å²) in [6.07, 6.45) is -0.361. The number of H-pyrrole nitrogens is 1. The van der Waals surface area contributed by atoms with Gasteiger partial charge < -0.3 is 23.7 Å². The van der Waals surface area contributed by atoms with Gasteiger partial charge in [-0.1, -0.05) is 0 Å². The Kier molecular flexibility index (Phi) is 7.42. The largest absolute Gasteiger partial charge is 0.510 e. The van der Waals surface area contributed by atoms with Gasteiger partial charge in [0.2, 0.25) is 17.4 Å². The number of fused-ring (bicyclic) bond motifs is 1. The number of imidazole rings is 2. The molecule has 0 aromatic carbocycles. The van der Waals surface area contributed by atoms with E-state index in [1.165, 1.54) is 39.6 Å². The predicted octanol–water partition coefficient (Wildman–Crippen LogP) is 3.37. The van der Waals surface area contributed by atoms with E-state index < -0.39 is 29.9 Å². The van der Waals surface area contributed by atoms with Gasteiger partial charge in [-0.25, -0.2) is 29.5 Å². The van der Waals surface area contributed by atoms with Crippen molar-refractivity contribution in [3.05, 3.63) is 36.8 Å². The number of nitrogens with zero attached hydrogens (tertiary/aromatic N) is 8. The lowest BCUT2D eigenvalue weighted by atomic mass is 10.2. The monoisotopic (exact) mass is 551 g/mol. The van der Waals surface area contributed by atoms with Crippen LogP contribution in [-0.2, 0) is 27.1 Å². The highest BCUT2D eigenvalue weighted by Crippen LogP contribution is 2.32. The van der Waals surface area contributed by atoms with Crippen LogP contribution in [-0.4, -0.2) is 82.0 Å². The summed E-state index contributed by atoms with van der Waals surface area (Å²) in [4.78, 5) is 41.3. The number of likely N-dealkylation sites (N-methyl/N-ethyl adjacent to an activating group) is 1. The van der Waals surface area contributed by atoms with Crippen molar-refractivity contribution in [1.29, 1.82) is 0 Å². The molecule has 0 aliphatic heterocycles. The Morgan fingerprint density at radius 2 is 1.90 bits per heavy atom. The van der Waals surface area contributed by atoms with Crippen molar-refractivity contribution in [2.24, 2.45) is 0 Å². The minimum atomic E-state index is -4.72. The number of halogens is 3. The summed E-state index contributed by atoms with van der Waals surface area (Å²) in [5.41, 5.74) is -0.0899. The summed E-state index contributed by atoms with van der Waals surface area (Å²) in [7, 11) is 1.50. The Balaban J connectivity index is 1.41. The zero-order valence-electron chi connectivity index (χ0n) is 21.3. The van der Waals surface area contributed by atoms with E-state index in [1.54, 1.807) is 33.0 Å². The maximum absolute atomic E-state index is 13.0. The van der Waals surface area contributed by atoms with Crippen LogP contribution in [0.1, 0.15) is 26.6 Å². The molecule has 4 heterocycles. The lowest BCUT2D eigenvalue weighted by molar-refractivity contribution is -0.144. The Labute approximate surface area is 218 Å². The Bertz CT molecular complexity index is 1470. The van der Waals surface area contributed by atoms with Crippen LogP contribution in [0.15, 0.2) is 31.0 Å².